The molecule has 0 saturated carbocycles. The molecular weight excluding hydrogens is 352 g/mol. The van der Waals surface area contributed by atoms with Crippen LogP contribution in [-0.4, -0.2) is 22.4 Å². The average Bonchev–Trinajstić information content (AvgIpc) is 2.70. The molecule has 2 N–H and O–H groups in total. The van der Waals surface area contributed by atoms with Gasteiger partial charge in [-0.25, -0.2) is 9.97 Å². The second-order valence-corrected chi connectivity index (χ2v) is 6.77. The van der Waals surface area contributed by atoms with E-state index in [0.29, 0.717) is 34.6 Å². The first-order valence-electron chi connectivity index (χ1n) is 9.31. The number of nitrogens with one attached hydrogen (secondary N) is 2. The van der Waals surface area contributed by atoms with E-state index in [1.54, 1.807) is 12.1 Å². The lowest BCUT2D eigenvalue weighted by atomic mass is 10.1. The van der Waals surface area contributed by atoms with Crippen molar-refractivity contribution >= 4 is 17.5 Å². The third-order valence-electron chi connectivity index (χ3n) is 4.03. The minimum absolute atomic E-state index is 0.294. The molecule has 3 aromatic rings. The van der Waals surface area contributed by atoms with Crippen LogP contribution in [0.4, 0.5) is 11.6 Å². The predicted octanol–water partition coefficient (Wildman–Crippen LogP) is 4.98. The molecule has 3 rings (SSSR count). The highest BCUT2D eigenvalue weighted by Crippen LogP contribution is 2.29. The van der Waals surface area contributed by atoms with Crippen LogP contribution in [0.25, 0.3) is 0 Å². The molecular formula is C22H24N4O2. The smallest absolute Gasteiger partial charge is 0.258 e. The fraction of sp³-hybridized carbons (Fsp3) is 0.227. The third kappa shape index (κ3) is 5.54. The van der Waals surface area contributed by atoms with E-state index in [0.717, 1.165) is 13.0 Å². The Morgan fingerprint density at radius 1 is 1.00 bits per heavy atom. The van der Waals surface area contributed by atoms with Crippen LogP contribution in [0.3, 0.4) is 0 Å². The highest BCUT2D eigenvalue weighted by Gasteiger charge is 2.11. The molecule has 0 bridgehead atoms. The summed E-state index contributed by atoms with van der Waals surface area (Å²) in [5.41, 5.74) is 0.958. The number of carbonyl (C=O) groups is 1. The summed E-state index contributed by atoms with van der Waals surface area (Å²) in [6.07, 6.45) is 4.06. The lowest BCUT2D eigenvalue weighted by Gasteiger charge is -2.12. The number of nitrogens with zero attached hydrogens (tertiary/aromatic N) is 2. The van der Waals surface area contributed by atoms with E-state index in [1.165, 1.54) is 12.4 Å². The van der Waals surface area contributed by atoms with Gasteiger partial charge in [-0.15, -0.1) is 0 Å². The molecule has 1 amide bonds. The molecule has 0 atom stereocenters. The van der Waals surface area contributed by atoms with Gasteiger partial charge in [0.1, 0.15) is 5.75 Å². The van der Waals surface area contributed by atoms with Crippen molar-refractivity contribution in [3.8, 4) is 11.5 Å². The highest BCUT2D eigenvalue weighted by atomic mass is 16.5. The SMILES string of the molecule is CC(C)CCNc1ncc(C(=O)Nc2ccccc2Oc2ccccc2)cn1. The van der Waals surface area contributed by atoms with Gasteiger partial charge < -0.3 is 15.4 Å². The van der Waals surface area contributed by atoms with E-state index < -0.39 is 0 Å². The van der Waals surface area contributed by atoms with Gasteiger partial charge >= 0.3 is 0 Å². The van der Waals surface area contributed by atoms with Gasteiger partial charge in [0.05, 0.1) is 11.3 Å². The molecule has 6 heteroatoms. The lowest BCUT2D eigenvalue weighted by molar-refractivity contribution is 0.102. The van der Waals surface area contributed by atoms with Crippen molar-refractivity contribution in [1.82, 2.24) is 9.97 Å². The molecule has 1 heterocycles. The highest BCUT2D eigenvalue weighted by molar-refractivity contribution is 6.04. The number of benzene rings is 2. The Labute approximate surface area is 165 Å². The maximum absolute atomic E-state index is 12.6. The van der Waals surface area contributed by atoms with Crippen molar-refractivity contribution in [2.45, 2.75) is 20.3 Å². The summed E-state index contributed by atoms with van der Waals surface area (Å²) in [5.74, 6) is 2.10. The molecule has 0 radical (unpaired) electrons. The predicted molar refractivity (Wildman–Crippen MR) is 111 cm³/mol. The van der Waals surface area contributed by atoms with Crippen LogP contribution in [-0.2, 0) is 0 Å². The van der Waals surface area contributed by atoms with Gasteiger partial charge in [-0.2, -0.15) is 0 Å². The van der Waals surface area contributed by atoms with E-state index in [9.17, 15) is 4.79 Å². The first-order valence-corrected chi connectivity index (χ1v) is 9.31. The number of rotatable bonds is 8. The van der Waals surface area contributed by atoms with Crippen LogP contribution < -0.4 is 15.4 Å². The Morgan fingerprint density at radius 2 is 1.68 bits per heavy atom. The first-order chi connectivity index (χ1) is 13.6. The molecule has 0 aliphatic heterocycles. The summed E-state index contributed by atoms with van der Waals surface area (Å²) in [7, 11) is 0. The molecule has 144 valence electrons. The minimum Gasteiger partial charge on any atom is -0.455 e. The Balaban J connectivity index is 1.65. The molecule has 0 fully saturated rings. The van der Waals surface area contributed by atoms with Gasteiger partial charge in [0.15, 0.2) is 5.75 Å². The van der Waals surface area contributed by atoms with Crippen molar-refractivity contribution < 1.29 is 9.53 Å². The normalized spacial score (nSPS) is 10.5. The van der Waals surface area contributed by atoms with Gasteiger partial charge in [-0.1, -0.05) is 44.2 Å². The van der Waals surface area contributed by atoms with Crippen molar-refractivity contribution in [3.63, 3.8) is 0 Å². The van der Waals surface area contributed by atoms with Gasteiger partial charge in [-0.05, 0) is 36.6 Å². The largest absolute Gasteiger partial charge is 0.455 e. The van der Waals surface area contributed by atoms with Gasteiger partial charge in [-0.3, -0.25) is 4.79 Å². The fourth-order valence-electron chi connectivity index (χ4n) is 2.48. The zero-order chi connectivity index (χ0) is 19.8. The van der Waals surface area contributed by atoms with Crippen LogP contribution in [0.2, 0.25) is 0 Å². The summed E-state index contributed by atoms with van der Waals surface area (Å²) >= 11 is 0. The van der Waals surface area contributed by atoms with Crippen LogP contribution in [0, 0.1) is 5.92 Å². The quantitative estimate of drug-likeness (QED) is 0.580. The number of amides is 1. The summed E-state index contributed by atoms with van der Waals surface area (Å²) < 4.78 is 5.87. The summed E-state index contributed by atoms with van der Waals surface area (Å²) in [4.78, 5) is 21.0. The Bertz CT molecular complexity index is 896. The monoisotopic (exact) mass is 376 g/mol. The maximum atomic E-state index is 12.6. The second kappa shape index (κ2) is 9.50. The average molecular weight is 376 g/mol. The Hall–Kier alpha value is -3.41. The van der Waals surface area contributed by atoms with E-state index in [4.69, 9.17) is 4.74 Å². The van der Waals surface area contributed by atoms with E-state index in [1.807, 2.05) is 42.5 Å². The second-order valence-electron chi connectivity index (χ2n) is 6.77. The first kappa shape index (κ1) is 19.4. The van der Waals surface area contributed by atoms with Gasteiger partial charge in [0.2, 0.25) is 5.95 Å². The maximum Gasteiger partial charge on any atom is 0.258 e. The lowest BCUT2D eigenvalue weighted by Crippen LogP contribution is -2.14. The number of aromatic nitrogens is 2. The summed E-state index contributed by atoms with van der Waals surface area (Å²) in [5, 5.41) is 6.01. The number of para-hydroxylation sites is 3. The Kier molecular flexibility index (Phi) is 6.57. The standard InChI is InChI=1S/C22H24N4O2/c1-16(2)12-13-23-22-24-14-17(15-25-22)21(27)26-19-10-6-7-11-20(19)28-18-8-4-3-5-9-18/h3-11,14-16H,12-13H2,1-2H3,(H,26,27)(H,23,24,25). The van der Waals surface area contributed by atoms with Crippen molar-refractivity contribution in [2.75, 3.05) is 17.2 Å². The van der Waals surface area contributed by atoms with E-state index in [-0.39, 0.29) is 5.91 Å². The van der Waals surface area contributed by atoms with Crippen LogP contribution in [0.15, 0.2) is 67.0 Å². The van der Waals surface area contributed by atoms with Crippen LogP contribution in [0.5, 0.6) is 11.5 Å². The Morgan fingerprint density at radius 3 is 2.39 bits per heavy atom. The summed E-state index contributed by atoms with van der Waals surface area (Å²) in [6, 6.07) is 16.7. The number of anilines is 2. The molecule has 0 saturated heterocycles. The molecule has 2 aromatic carbocycles. The number of hydrogen-bond acceptors (Lipinski definition) is 5. The molecule has 1 aromatic heterocycles. The molecule has 6 nitrogen and oxygen atoms in total. The van der Waals surface area contributed by atoms with Gasteiger partial charge in [0.25, 0.3) is 5.91 Å². The topological polar surface area (TPSA) is 76.1 Å². The molecule has 0 aliphatic carbocycles. The zero-order valence-corrected chi connectivity index (χ0v) is 16.1. The summed E-state index contributed by atoms with van der Waals surface area (Å²) in [6.45, 7) is 5.12. The van der Waals surface area contributed by atoms with Crippen LogP contribution >= 0.6 is 0 Å². The molecule has 0 unspecified atom stereocenters. The molecule has 0 aliphatic rings. The van der Waals surface area contributed by atoms with Crippen molar-refractivity contribution in [3.05, 3.63) is 72.6 Å². The fourth-order valence-corrected chi connectivity index (χ4v) is 2.48. The minimum atomic E-state index is -0.294. The van der Waals surface area contributed by atoms with Crippen molar-refractivity contribution in [2.24, 2.45) is 5.92 Å². The van der Waals surface area contributed by atoms with Gasteiger partial charge in [0, 0.05) is 18.9 Å². The van der Waals surface area contributed by atoms with E-state index >= 15 is 0 Å². The van der Waals surface area contributed by atoms with Crippen molar-refractivity contribution in [1.29, 1.82) is 0 Å². The number of carbonyl (C=O) groups excluding carboxylic acids is 1. The number of ether oxygens (including phenoxy) is 1. The zero-order valence-electron chi connectivity index (χ0n) is 16.1. The molecule has 28 heavy (non-hydrogen) atoms. The van der Waals surface area contributed by atoms with E-state index in [2.05, 4.69) is 34.4 Å². The third-order valence-corrected chi connectivity index (χ3v) is 4.03. The number of hydrogen-bond donors (Lipinski definition) is 2. The van der Waals surface area contributed by atoms with Crippen LogP contribution in [0.1, 0.15) is 30.6 Å². The molecule has 0 spiro atoms.